The minimum Gasteiger partial charge on any atom is -0.497 e. The van der Waals surface area contributed by atoms with Gasteiger partial charge in [0.05, 0.1) is 18.5 Å². The number of rotatable bonds is 6. The topological polar surface area (TPSA) is 50.5 Å². The number of aryl methyl sites for hydroxylation is 1. The van der Waals surface area contributed by atoms with Crippen LogP contribution in [0.2, 0.25) is 0 Å². The lowest BCUT2D eigenvalue weighted by molar-refractivity contribution is 0.148. The molecular formula is C21H27N3O2. The Labute approximate surface area is 154 Å². The molecule has 0 bridgehead atoms. The summed E-state index contributed by atoms with van der Waals surface area (Å²) in [4.78, 5) is 2.44. The van der Waals surface area contributed by atoms with Crippen molar-refractivity contribution in [3.05, 3.63) is 53.4 Å². The van der Waals surface area contributed by atoms with Crippen LogP contribution in [0.5, 0.6) is 5.75 Å². The zero-order chi connectivity index (χ0) is 17.9. The molecule has 1 aromatic carbocycles. The highest BCUT2D eigenvalue weighted by Gasteiger charge is 2.33. The zero-order valence-corrected chi connectivity index (χ0v) is 15.3. The number of aliphatic hydroxyl groups excluding tert-OH is 1. The number of aromatic nitrogens is 2. The average molecular weight is 353 g/mol. The van der Waals surface area contributed by atoms with E-state index in [1.807, 2.05) is 12.1 Å². The van der Waals surface area contributed by atoms with Crippen molar-refractivity contribution < 1.29 is 9.84 Å². The number of hydrogen-bond acceptors (Lipinski definition) is 4. The van der Waals surface area contributed by atoms with E-state index in [1.54, 1.807) is 7.11 Å². The van der Waals surface area contributed by atoms with E-state index in [4.69, 9.17) is 4.74 Å². The van der Waals surface area contributed by atoms with Crippen molar-refractivity contribution in [1.82, 2.24) is 14.7 Å². The van der Waals surface area contributed by atoms with Gasteiger partial charge < -0.3 is 9.84 Å². The summed E-state index contributed by atoms with van der Waals surface area (Å²) in [5.41, 5.74) is 3.26. The molecule has 5 heteroatoms. The van der Waals surface area contributed by atoms with Gasteiger partial charge in [0.2, 0.25) is 0 Å². The first-order valence-electron chi connectivity index (χ1n) is 9.50. The number of benzene rings is 1. The molecule has 0 saturated heterocycles. The van der Waals surface area contributed by atoms with E-state index < -0.39 is 0 Å². The number of ether oxygens (including phenoxy) is 1. The largest absolute Gasteiger partial charge is 0.497 e. The van der Waals surface area contributed by atoms with Crippen molar-refractivity contribution in [3.63, 3.8) is 0 Å². The number of hydrogen-bond donors (Lipinski definition) is 1. The average Bonchev–Trinajstić information content (AvgIpc) is 3.46. The minimum absolute atomic E-state index is 0.377. The molecule has 2 heterocycles. The quantitative estimate of drug-likeness (QED) is 0.866. The van der Waals surface area contributed by atoms with Crippen LogP contribution in [0.25, 0.3) is 6.08 Å². The summed E-state index contributed by atoms with van der Waals surface area (Å²) in [6, 6.07) is 10.2. The molecule has 1 aliphatic carbocycles. The van der Waals surface area contributed by atoms with Crippen LogP contribution in [0.15, 0.2) is 36.4 Å². The molecule has 2 aromatic rings. The van der Waals surface area contributed by atoms with Gasteiger partial charge in [-0.3, -0.25) is 9.58 Å². The van der Waals surface area contributed by atoms with Crippen molar-refractivity contribution in [1.29, 1.82) is 0 Å². The van der Waals surface area contributed by atoms with Crippen LogP contribution in [0.4, 0.5) is 0 Å². The van der Waals surface area contributed by atoms with Gasteiger partial charge in [-0.15, -0.1) is 0 Å². The number of aliphatic hydroxyl groups is 1. The molecule has 1 atom stereocenters. The highest BCUT2D eigenvalue weighted by molar-refractivity contribution is 5.50. The lowest BCUT2D eigenvalue weighted by Gasteiger charge is -2.17. The van der Waals surface area contributed by atoms with Crippen LogP contribution < -0.4 is 4.74 Å². The molecule has 2 aliphatic rings. The van der Waals surface area contributed by atoms with Crippen LogP contribution in [-0.4, -0.2) is 40.0 Å². The molecule has 1 N–H and O–H groups in total. The van der Waals surface area contributed by atoms with Crippen molar-refractivity contribution in [2.45, 2.75) is 38.5 Å². The van der Waals surface area contributed by atoms with Gasteiger partial charge >= 0.3 is 0 Å². The molecule has 26 heavy (non-hydrogen) atoms. The second-order valence-electron chi connectivity index (χ2n) is 7.33. The second-order valence-corrected chi connectivity index (χ2v) is 7.33. The van der Waals surface area contributed by atoms with Crippen LogP contribution in [0.3, 0.4) is 0 Å². The first-order valence-corrected chi connectivity index (χ1v) is 9.50. The second kappa shape index (κ2) is 7.64. The summed E-state index contributed by atoms with van der Waals surface area (Å²) in [7, 11) is 1.68. The van der Waals surface area contributed by atoms with Crippen LogP contribution in [0.1, 0.15) is 42.3 Å². The molecule has 0 unspecified atom stereocenters. The Morgan fingerprint density at radius 2 is 2.08 bits per heavy atom. The summed E-state index contributed by atoms with van der Waals surface area (Å²) in [6.45, 7) is 3.80. The first kappa shape index (κ1) is 17.3. The Hall–Kier alpha value is -2.11. The molecule has 1 aliphatic heterocycles. The smallest absolute Gasteiger partial charge is 0.118 e. The molecule has 138 valence electrons. The fraction of sp³-hybridized carbons (Fsp3) is 0.476. The molecule has 0 radical (unpaired) electrons. The molecule has 1 saturated carbocycles. The molecule has 1 aromatic heterocycles. The third-order valence-corrected chi connectivity index (χ3v) is 5.27. The zero-order valence-electron chi connectivity index (χ0n) is 15.3. The van der Waals surface area contributed by atoms with Gasteiger partial charge in [-0.05, 0) is 48.9 Å². The highest BCUT2D eigenvalue weighted by atomic mass is 16.5. The third kappa shape index (κ3) is 4.00. The maximum absolute atomic E-state index is 10.3. The molecule has 4 rings (SSSR count). The summed E-state index contributed by atoms with van der Waals surface area (Å²) in [6.07, 6.45) is 7.34. The summed E-state index contributed by atoms with van der Waals surface area (Å²) >= 11 is 0. The van der Waals surface area contributed by atoms with Gasteiger partial charge in [0.15, 0.2) is 0 Å². The maximum Gasteiger partial charge on any atom is 0.118 e. The first-order chi connectivity index (χ1) is 12.7. The Bertz CT molecular complexity index is 762. The fourth-order valence-corrected chi connectivity index (χ4v) is 3.56. The Morgan fingerprint density at radius 1 is 1.27 bits per heavy atom. The van der Waals surface area contributed by atoms with E-state index in [0.717, 1.165) is 56.9 Å². The van der Waals surface area contributed by atoms with Crippen molar-refractivity contribution in [2.24, 2.45) is 5.92 Å². The molecule has 1 fully saturated rings. The number of methoxy groups -OCH3 is 1. The molecule has 5 nitrogen and oxygen atoms in total. The van der Waals surface area contributed by atoms with Crippen LogP contribution >= 0.6 is 0 Å². The highest BCUT2D eigenvalue weighted by Crippen LogP contribution is 2.40. The van der Waals surface area contributed by atoms with Crippen molar-refractivity contribution in [2.75, 3.05) is 20.2 Å². The number of nitrogens with zero attached hydrogens (tertiary/aromatic N) is 3. The van der Waals surface area contributed by atoms with Gasteiger partial charge in [-0.1, -0.05) is 24.3 Å². The van der Waals surface area contributed by atoms with Crippen molar-refractivity contribution >= 4 is 6.08 Å². The Morgan fingerprint density at radius 3 is 2.81 bits per heavy atom. The van der Waals surface area contributed by atoms with Crippen LogP contribution in [0, 0.1) is 5.92 Å². The van der Waals surface area contributed by atoms with Gasteiger partial charge in [-0.2, -0.15) is 5.10 Å². The lowest BCUT2D eigenvalue weighted by Crippen LogP contribution is -2.23. The van der Waals surface area contributed by atoms with E-state index >= 15 is 0 Å². The number of fused-ring (bicyclic) bond motifs is 1. The van der Waals surface area contributed by atoms with Gasteiger partial charge in [-0.25, -0.2) is 0 Å². The predicted molar refractivity (Wildman–Crippen MR) is 102 cm³/mol. The normalized spacial score (nSPS) is 19.3. The standard InChI is InChI=1S/C21H27N3O2/c1-26-19-9-5-16(6-10-19)4-2-11-23-12-3-13-24-18(15-23)14-20(22-24)21(25)17-7-8-17/h2,4-6,9-10,14,17,21,25H,3,7-8,11-13,15H2,1H3/b4-2+/t21-/m1/s1. The third-order valence-electron chi connectivity index (χ3n) is 5.27. The summed E-state index contributed by atoms with van der Waals surface area (Å²) < 4.78 is 7.29. The van der Waals surface area contributed by atoms with Gasteiger partial charge in [0, 0.05) is 26.2 Å². The molecule has 0 amide bonds. The summed E-state index contributed by atoms with van der Waals surface area (Å²) in [5, 5.41) is 15.0. The molecular weight excluding hydrogens is 326 g/mol. The fourth-order valence-electron chi connectivity index (χ4n) is 3.56. The Kier molecular flexibility index (Phi) is 5.09. The lowest BCUT2D eigenvalue weighted by atomic mass is 10.1. The van der Waals surface area contributed by atoms with E-state index in [-0.39, 0.29) is 6.10 Å². The molecule has 0 spiro atoms. The monoisotopic (exact) mass is 353 g/mol. The van der Waals surface area contributed by atoms with E-state index in [1.165, 1.54) is 11.3 Å². The van der Waals surface area contributed by atoms with Gasteiger partial charge in [0.1, 0.15) is 11.9 Å². The maximum atomic E-state index is 10.3. The van der Waals surface area contributed by atoms with E-state index in [0.29, 0.717) is 5.92 Å². The van der Waals surface area contributed by atoms with Crippen LogP contribution in [-0.2, 0) is 13.1 Å². The van der Waals surface area contributed by atoms with Gasteiger partial charge in [0.25, 0.3) is 0 Å². The Balaban J connectivity index is 1.37. The van der Waals surface area contributed by atoms with Crippen molar-refractivity contribution in [3.8, 4) is 5.75 Å². The minimum atomic E-state index is -0.377. The SMILES string of the molecule is COc1ccc(/C=C/CN2CCCn3nc([C@H](O)C4CC4)cc3C2)cc1. The van der Waals surface area contributed by atoms with E-state index in [9.17, 15) is 5.11 Å². The summed E-state index contributed by atoms with van der Waals surface area (Å²) in [5.74, 6) is 1.31. The van der Waals surface area contributed by atoms with E-state index in [2.05, 4.69) is 45.0 Å². The predicted octanol–water partition coefficient (Wildman–Crippen LogP) is 3.25.